The molecule has 0 aliphatic carbocycles. The lowest BCUT2D eigenvalue weighted by molar-refractivity contribution is -0.143. The Morgan fingerprint density at radius 2 is 0.729 bits per heavy atom. The van der Waals surface area contributed by atoms with Gasteiger partial charge in [-0.15, -0.1) is 0 Å². The molecule has 0 aromatic rings. The SMILES string of the molecule is CCCCCC/C=C\C/C=C\CCCCCCCC(=O)OCCCCCCCC/C=C\C/C=C\CCC(=O)NC(CO)C(O)/C=C/CCCCCCCCCCCCCCCCCCCCCCCC. The summed E-state index contributed by atoms with van der Waals surface area (Å²) in [6.07, 6.45) is 76.9. The number of esters is 1. The van der Waals surface area contributed by atoms with Gasteiger partial charge in [-0.3, -0.25) is 9.59 Å². The number of nitrogens with one attached hydrogen (secondary N) is 1. The summed E-state index contributed by atoms with van der Waals surface area (Å²) in [7, 11) is 0. The first kappa shape index (κ1) is 67.6. The number of allylic oxidation sites excluding steroid dienone is 9. The van der Waals surface area contributed by atoms with Crippen molar-refractivity contribution in [3.63, 3.8) is 0 Å². The third-order valence-corrected chi connectivity index (χ3v) is 13.8. The highest BCUT2D eigenvalue weighted by molar-refractivity contribution is 5.76. The number of carbonyl (C=O) groups is 2. The Kier molecular flexibility index (Phi) is 57.1. The molecule has 0 saturated carbocycles. The van der Waals surface area contributed by atoms with Gasteiger partial charge in [0.25, 0.3) is 0 Å². The van der Waals surface area contributed by atoms with E-state index in [1.807, 2.05) is 12.2 Å². The van der Waals surface area contributed by atoms with E-state index in [9.17, 15) is 19.8 Å². The van der Waals surface area contributed by atoms with Crippen molar-refractivity contribution in [2.24, 2.45) is 0 Å². The minimum atomic E-state index is -0.883. The first-order chi connectivity index (χ1) is 34.5. The maximum Gasteiger partial charge on any atom is 0.305 e. The first-order valence-electron chi connectivity index (χ1n) is 30.6. The number of unbranched alkanes of at least 4 members (excludes halogenated alkanes) is 37. The van der Waals surface area contributed by atoms with Crippen molar-refractivity contribution in [1.82, 2.24) is 5.32 Å². The van der Waals surface area contributed by atoms with Crippen molar-refractivity contribution in [3.8, 4) is 0 Å². The predicted octanol–water partition coefficient (Wildman–Crippen LogP) is 19.1. The zero-order valence-electron chi connectivity index (χ0n) is 46.5. The standard InChI is InChI=1S/C64H117NO5/c1-3-5-7-9-11-13-15-17-19-21-22-23-24-25-26-27-28-29-32-36-40-44-48-52-56-62(67)61(60-66)65-63(68)57-53-49-45-41-37-33-31-35-39-43-47-51-55-59-70-64(69)58-54-50-46-42-38-34-30-20-18-16-14-12-10-8-6-4-2/h14,16,20,30,33,37,45,49,52,56,61-62,66-67H,3-13,15,17-19,21-29,31-32,34-36,38-44,46-48,50-51,53-55,57-60H2,1-2H3,(H,65,68)/b16-14-,30-20-,37-33-,49-45-,56-52+. The summed E-state index contributed by atoms with van der Waals surface area (Å²) in [5.74, 6) is -0.180. The van der Waals surface area contributed by atoms with Crippen molar-refractivity contribution < 1.29 is 24.5 Å². The summed E-state index contributed by atoms with van der Waals surface area (Å²) in [6.45, 7) is 4.82. The second-order valence-electron chi connectivity index (χ2n) is 20.7. The molecule has 6 heteroatoms. The predicted molar refractivity (Wildman–Crippen MR) is 305 cm³/mol. The van der Waals surface area contributed by atoms with E-state index >= 15 is 0 Å². The van der Waals surface area contributed by atoms with Gasteiger partial charge in [-0.05, 0) is 83.5 Å². The third-order valence-electron chi connectivity index (χ3n) is 13.8. The summed E-state index contributed by atoms with van der Waals surface area (Å²) in [6, 6.07) is -0.675. The zero-order valence-corrected chi connectivity index (χ0v) is 46.5. The Labute approximate surface area is 435 Å². The Bertz CT molecular complexity index is 1220. The lowest BCUT2D eigenvalue weighted by Crippen LogP contribution is -2.45. The molecule has 2 atom stereocenters. The molecule has 70 heavy (non-hydrogen) atoms. The van der Waals surface area contributed by atoms with Crippen LogP contribution in [0.4, 0.5) is 0 Å². The molecule has 0 aliphatic heterocycles. The molecule has 2 unspecified atom stereocenters. The third kappa shape index (κ3) is 54.9. The van der Waals surface area contributed by atoms with E-state index in [-0.39, 0.29) is 18.5 Å². The molecule has 408 valence electrons. The number of amides is 1. The van der Waals surface area contributed by atoms with E-state index in [4.69, 9.17) is 4.74 Å². The maximum atomic E-state index is 12.5. The molecule has 3 N–H and O–H groups in total. The van der Waals surface area contributed by atoms with Gasteiger partial charge in [0.05, 0.1) is 25.4 Å². The molecule has 0 saturated heterocycles. The minimum Gasteiger partial charge on any atom is -0.466 e. The normalized spacial score (nSPS) is 13.0. The van der Waals surface area contributed by atoms with Crippen LogP contribution in [0.2, 0.25) is 0 Å². The molecule has 6 nitrogen and oxygen atoms in total. The van der Waals surface area contributed by atoms with E-state index in [0.29, 0.717) is 25.9 Å². The van der Waals surface area contributed by atoms with Gasteiger partial charge < -0.3 is 20.3 Å². The minimum absolute atomic E-state index is 0.0321. The second kappa shape index (κ2) is 59.1. The van der Waals surface area contributed by atoms with Gasteiger partial charge in [0.1, 0.15) is 0 Å². The Morgan fingerprint density at radius 1 is 0.400 bits per heavy atom. The highest BCUT2D eigenvalue weighted by atomic mass is 16.5. The largest absolute Gasteiger partial charge is 0.466 e. The fourth-order valence-electron chi connectivity index (χ4n) is 9.07. The lowest BCUT2D eigenvalue weighted by Gasteiger charge is -2.19. The average molecular weight is 981 g/mol. The van der Waals surface area contributed by atoms with Crippen LogP contribution in [0.5, 0.6) is 0 Å². The van der Waals surface area contributed by atoms with Crippen LogP contribution >= 0.6 is 0 Å². The zero-order chi connectivity index (χ0) is 50.7. The number of carbonyl (C=O) groups excluding carboxylic acids is 2. The van der Waals surface area contributed by atoms with Crippen LogP contribution < -0.4 is 5.32 Å². The number of hydrogen-bond donors (Lipinski definition) is 3. The Hall–Kier alpha value is -2.44. The van der Waals surface area contributed by atoms with Crippen molar-refractivity contribution in [3.05, 3.63) is 60.8 Å². The van der Waals surface area contributed by atoms with Crippen LogP contribution in [0.1, 0.15) is 309 Å². The van der Waals surface area contributed by atoms with Gasteiger partial charge in [0.15, 0.2) is 0 Å². The highest BCUT2D eigenvalue weighted by Crippen LogP contribution is 2.17. The molecule has 0 rings (SSSR count). The Balaban J connectivity index is 3.58. The molecular weight excluding hydrogens is 863 g/mol. The van der Waals surface area contributed by atoms with Gasteiger partial charge in [0, 0.05) is 12.8 Å². The summed E-state index contributed by atoms with van der Waals surface area (Å²) in [5.41, 5.74) is 0. The van der Waals surface area contributed by atoms with E-state index in [1.54, 1.807) is 6.08 Å². The van der Waals surface area contributed by atoms with Crippen LogP contribution in [-0.4, -0.2) is 47.4 Å². The van der Waals surface area contributed by atoms with E-state index in [1.165, 1.54) is 212 Å². The van der Waals surface area contributed by atoms with Crippen LogP contribution in [0.25, 0.3) is 0 Å². The van der Waals surface area contributed by atoms with Gasteiger partial charge >= 0.3 is 5.97 Å². The van der Waals surface area contributed by atoms with Crippen LogP contribution in [0.15, 0.2) is 60.8 Å². The fraction of sp³-hybridized carbons (Fsp3) is 0.812. The van der Waals surface area contributed by atoms with Gasteiger partial charge in [-0.1, -0.05) is 274 Å². The molecule has 0 aliphatic rings. The average Bonchev–Trinajstić information content (AvgIpc) is 3.36. The monoisotopic (exact) mass is 980 g/mol. The number of rotatable bonds is 56. The summed E-state index contributed by atoms with van der Waals surface area (Å²) in [4.78, 5) is 24.5. The molecule has 0 aromatic carbocycles. The van der Waals surface area contributed by atoms with Crippen LogP contribution in [-0.2, 0) is 14.3 Å². The molecule has 0 radical (unpaired) electrons. The number of aliphatic hydroxyl groups is 2. The van der Waals surface area contributed by atoms with Crippen LogP contribution in [0, 0.1) is 0 Å². The summed E-state index contributed by atoms with van der Waals surface area (Å²) in [5, 5.41) is 23.1. The number of ether oxygens (including phenoxy) is 1. The summed E-state index contributed by atoms with van der Waals surface area (Å²) < 4.78 is 5.46. The van der Waals surface area contributed by atoms with Crippen molar-refractivity contribution in [2.45, 2.75) is 321 Å². The van der Waals surface area contributed by atoms with Crippen molar-refractivity contribution in [2.75, 3.05) is 13.2 Å². The smallest absolute Gasteiger partial charge is 0.305 e. The maximum absolute atomic E-state index is 12.5. The summed E-state index contributed by atoms with van der Waals surface area (Å²) >= 11 is 0. The van der Waals surface area contributed by atoms with Gasteiger partial charge in [-0.2, -0.15) is 0 Å². The molecule has 0 bridgehead atoms. The van der Waals surface area contributed by atoms with Gasteiger partial charge in [-0.25, -0.2) is 0 Å². The molecular formula is C64H117NO5. The van der Waals surface area contributed by atoms with E-state index in [0.717, 1.165) is 64.2 Å². The molecule has 0 spiro atoms. The number of hydrogen-bond acceptors (Lipinski definition) is 5. The van der Waals surface area contributed by atoms with E-state index in [2.05, 4.69) is 61.7 Å². The fourth-order valence-corrected chi connectivity index (χ4v) is 9.07. The quantitative estimate of drug-likeness (QED) is 0.0321. The van der Waals surface area contributed by atoms with Crippen LogP contribution in [0.3, 0.4) is 0 Å². The molecule has 0 fully saturated rings. The molecule has 1 amide bonds. The Morgan fingerprint density at radius 3 is 1.13 bits per heavy atom. The first-order valence-corrected chi connectivity index (χ1v) is 30.6. The highest BCUT2D eigenvalue weighted by Gasteiger charge is 2.17. The van der Waals surface area contributed by atoms with Crippen molar-refractivity contribution in [1.29, 1.82) is 0 Å². The topological polar surface area (TPSA) is 95.9 Å². The van der Waals surface area contributed by atoms with E-state index < -0.39 is 12.1 Å². The molecule has 0 heterocycles. The number of aliphatic hydroxyl groups excluding tert-OH is 2. The molecule has 0 aromatic heterocycles. The lowest BCUT2D eigenvalue weighted by atomic mass is 10.0. The van der Waals surface area contributed by atoms with Gasteiger partial charge in [0.2, 0.25) is 5.91 Å². The second-order valence-corrected chi connectivity index (χ2v) is 20.7. The van der Waals surface area contributed by atoms with Crippen molar-refractivity contribution >= 4 is 11.9 Å².